The molecule has 0 aliphatic heterocycles. The second kappa shape index (κ2) is 9.34. The third-order valence-electron chi connectivity index (χ3n) is 4.78. The predicted octanol–water partition coefficient (Wildman–Crippen LogP) is 5.39. The average Bonchev–Trinajstić information content (AvgIpc) is 3.18. The summed E-state index contributed by atoms with van der Waals surface area (Å²) in [6.45, 7) is 0.955. The highest BCUT2D eigenvalue weighted by Gasteiger charge is 2.35. The number of nitrogens with one attached hydrogen (secondary N) is 1. The van der Waals surface area contributed by atoms with Gasteiger partial charge < -0.3 is 10.1 Å². The summed E-state index contributed by atoms with van der Waals surface area (Å²) in [5.74, 6) is -5.14. The van der Waals surface area contributed by atoms with E-state index < -0.39 is 53.4 Å². The van der Waals surface area contributed by atoms with E-state index in [1.807, 2.05) is 0 Å². The molecule has 0 aliphatic carbocycles. The fourth-order valence-corrected chi connectivity index (χ4v) is 3.21. The van der Waals surface area contributed by atoms with E-state index in [1.54, 1.807) is 0 Å². The molecular formula is C21H16ClF6N3O2. The van der Waals surface area contributed by atoms with Gasteiger partial charge in [-0.05, 0) is 48.9 Å². The van der Waals surface area contributed by atoms with Crippen LogP contribution in [0.15, 0.2) is 36.4 Å². The van der Waals surface area contributed by atoms with Gasteiger partial charge in [-0.1, -0.05) is 11.6 Å². The zero-order chi connectivity index (χ0) is 24.5. The summed E-state index contributed by atoms with van der Waals surface area (Å²) in [6, 6.07) is 5.79. The standard InChI is InChI=1S/C21H16ClF6N3O2/c1-10(11-5-16(24)19(33-2)17(25)6-11)20(32)29-9-13-8-18(21(26,27)28)30-31(13)12-3-4-15(23)14(22)7-12/h3-8,10H,9H2,1-2H3,(H,29,32). The van der Waals surface area contributed by atoms with Gasteiger partial charge in [0.05, 0.1) is 36.0 Å². The van der Waals surface area contributed by atoms with E-state index in [0.29, 0.717) is 0 Å². The van der Waals surface area contributed by atoms with E-state index in [2.05, 4.69) is 15.2 Å². The summed E-state index contributed by atoms with van der Waals surface area (Å²) in [5, 5.41) is 5.58. The fraction of sp³-hybridized carbons (Fsp3) is 0.238. The minimum absolute atomic E-state index is 0.00175. The smallest absolute Gasteiger partial charge is 0.435 e. The predicted molar refractivity (Wildman–Crippen MR) is 107 cm³/mol. The molecule has 2 aromatic carbocycles. The van der Waals surface area contributed by atoms with Crippen molar-refractivity contribution >= 4 is 17.5 Å². The number of carbonyl (C=O) groups is 1. The van der Waals surface area contributed by atoms with Crippen LogP contribution in [0.5, 0.6) is 5.75 Å². The molecule has 0 saturated heterocycles. The molecule has 1 unspecified atom stereocenters. The van der Waals surface area contributed by atoms with Gasteiger partial charge in [0.2, 0.25) is 5.91 Å². The summed E-state index contributed by atoms with van der Waals surface area (Å²) in [5.41, 5.74) is -1.29. The Morgan fingerprint density at radius 3 is 2.30 bits per heavy atom. The van der Waals surface area contributed by atoms with Gasteiger partial charge in [0.15, 0.2) is 23.1 Å². The topological polar surface area (TPSA) is 56.1 Å². The van der Waals surface area contributed by atoms with E-state index in [4.69, 9.17) is 11.6 Å². The number of rotatable bonds is 6. The molecule has 1 amide bonds. The average molecular weight is 492 g/mol. The normalized spacial score (nSPS) is 12.5. The molecule has 33 heavy (non-hydrogen) atoms. The lowest BCUT2D eigenvalue weighted by molar-refractivity contribution is -0.141. The summed E-state index contributed by atoms with van der Waals surface area (Å²) in [7, 11) is 1.09. The minimum atomic E-state index is -4.78. The Morgan fingerprint density at radius 1 is 1.12 bits per heavy atom. The van der Waals surface area contributed by atoms with Crippen molar-refractivity contribution < 1.29 is 35.9 Å². The van der Waals surface area contributed by atoms with Crippen LogP contribution >= 0.6 is 11.6 Å². The molecule has 0 radical (unpaired) electrons. The number of alkyl halides is 3. The zero-order valence-corrected chi connectivity index (χ0v) is 17.9. The second-order valence-electron chi connectivity index (χ2n) is 6.99. The van der Waals surface area contributed by atoms with Crippen molar-refractivity contribution in [3.05, 3.63) is 75.8 Å². The van der Waals surface area contributed by atoms with E-state index in [0.717, 1.165) is 42.1 Å². The van der Waals surface area contributed by atoms with Crippen molar-refractivity contribution in [1.82, 2.24) is 15.1 Å². The van der Waals surface area contributed by atoms with Crippen LogP contribution in [-0.4, -0.2) is 22.8 Å². The molecular weight excluding hydrogens is 476 g/mol. The van der Waals surface area contributed by atoms with Crippen LogP contribution in [-0.2, 0) is 17.5 Å². The van der Waals surface area contributed by atoms with Crippen LogP contribution in [0.3, 0.4) is 0 Å². The first-order valence-corrected chi connectivity index (χ1v) is 9.72. The van der Waals surface area contributed by atoms with Crippen molar-refractivity contribution in [2.24, 2.45) is 0 Å². The highest BCUT2D eigenvalue weighted by Crippen LogP contribution is 2.31. The summed E-state index contributed by atoms with van der Waals surface area (Å²) in [6.07, 6.45) is -4.78. The quantitative estimate of drug-likeness (QED) is 0.470. The van der Waals surface area contributed by atoms with Gasteiger partial charge in [0.25, 0.3) is 0 Å². The minimum Gasteiger partial charge on any atom is -0.491 e. The molecule has 0 aliphatic rings. The lowest BCUT2D eigenvalue weighted by Crippen LogP contribution is -2.28. The second-order valence-corrected chi connectivity index (χ2v) is 7.39. The molecule has 0 fully saturated rings. The fourth-order valence-electron chi connectivity index (χ4n) is 3.03. The first-order chi connectivity index (χ1) is 15.4. The molecule has 1 aromatic heterocycles. The van der Waals surface area contributed by atoms with Gasteiger partial charge in [-0.2, -0.15) is 18.3 Å². The van der Waals surface area contributed by atoms with E-state index in [1.165, 1.54) is 13.0 Å². The van der Waals surface area contributed by atoms with E-state index in [-0.39, 0.29) is 22.0 Å². The van der Waals surface area contributed by atoms with Crippen LogP contribution in [0, 0.1) is 17.5 Å². The Morgan fingerprint density at radius 2 is 1.76 bits per heavy atom. The van der Waals surface area contributed by atoms with Gasteiger partial charge in [0, 0.05) is 0 Å². The van der Waals surface area contributed by atoms with Gasteiger partial charge in [-0.25, -0.2) is 17.9 Å². The third kappa shape index (κ3) is 5.24. The van der Waals surface area contributed by atoms with Gasteiger partial charge in [-0.3, -0.25) is 4.79 Å². The van der Waals surface area contributed by atoms with Crippen LogP contribution in [0.4, 0.5) is 26.3 Å². The lowest BCUT2D eigenvalue weighted by Gasteiger charge is -2.15. The number of benzene rings is 2. The van der Waals surface area contributed by atoms with E-state index >= 15 is 0 Å². The Bertz CT molecular complexity index is 1170. The van der Waals surface area contributed by atoms with Gasteiger partial charge in [0.1, 0.15) is 5.82 Å². The van der Waals surface area contributed by atoms with Crippen molar-refractivity contribution in [2.75, 3.05) is 7.11 Å². The van der Waals surface area contributed by atoms with E-state index in [9.17, 15) is 31.1 Å². The van der Waals surface area contributed by atoms with Crippen LogP contribution in [0.1, 0.15) is 29.8 Å². The molecule has 5 nitrogen and oxygen atoms in total. The van der Waals surface area contributed by atoms with Gasteiger partial charge >= 0.3 is 6.18 Å². The highest BCUT2D eigenvalue weighted by molar-refractivity contribution is 6.30. The summed E-state index contributed by atoms with van der Waals surface area (Å²) >= 11 is 5.72. The number of aromatic nitrogens is 2. The largest absolute Gasteiger partial charge is 0.491 e. The molecule has 3 aromatic rings. The molecule has 1 N–H and O–H groups in total. The molecule has 1 heterocycles. The molecule has 3 rings (SSSR count). The number of hydrogen-bond donors (Lipinski definition) is 1. The summed E-state index contributed by atoms with van der Waals surface area (Å²) in [4.78, 5) is 12.5. The Hall–Kier alpha value is -3.21. The molecule has 0 saturated carbocycles. The molecule has 0 spiro atoms. The summed E-state index contributed by atoms with van der Waals surface area (Å²) < 4.78 is 86.4. The van der Waals surface area contributed by atoms with Crippen molar-refractivity contribution in [2.45, 2.75) is 25.6 Å². The number of halogens is 7. The van der Waals surface area contributed by atoms with Crippen LogP contribution in [0.25, 0.3) is 5.69 Å². The van der Waals surface area contributed by atoms with Crippen molar-refractivity contribution in [3.8, 4) is 11.4 Å². The maximum absolute atomic E-state index is 13.9. The molecule has 12 heteroatoms. The first kappa shape index (κ1) is 24.4. The lowest BCUT2D eigenvalue weighted by atomic mass is 9.99. The number of nitrogens with zero attached hydrogens (tertiary/aromatic N) is 2. The van der Waals surface area contributed by atoms with Crippen molar-refractivity contribution in [3.63, 3.8) is 0 Å². The third-order valence-corrected chi connectivity index (χ3v) is 5.07. The van der Waals surface area contributed by atoms with Crippen LogP contribution in [0.2, 0.25) is 5.02 Å². The Kier molecular flexibility index (Phi) is 6.92. The van der Waals surface area contributed by atoms with Gasteiger partial charge in [-0.15, -0.1) is 0 Å². The number of methoxy groups -OCH3 is 1. The number of carbonyl (C=O) groups excluding carboxylic acids is 1. The molecule has 176 valence electrons. The Labute approximate surface area is 188 Å². The number of amides is 1. The Balaban J connectivity index is 1.86. The van der Waals surface area contributed by atoms with Crippen LogP contribution < -0.4 is 10.1 Å². The number of ether oxygens (including phenoxy) is 1. The number of hydrogen-bond acceptors (Lipinski definition) is 3. The zero-order valence-electron chi connectivity index (χ0n) is 17.1. The first-order valence-electron chi connectivity index (χ1n) is 9.34. The molecule has 1 atom stereocenters. The SMILES string of the molecule is COc1c(F)cc(C(C)C(=O)NCc2cc(C(F)(F)F)nn2-c2ccc(F)c(Cl)c2)cc1F. The molecule has 0 bridgehead atoms. The monoisotopic (exact) mass is 491 g/mol. The highest BCUT2D eigenvalue weighted by atomic mass is 35.5. The maximum Gasteiger partial charge on any atom is 0.435 e. The maximum atomic E-state index is 13.9. The van der Waals surface area contributed by atoms with Crippen molar-refractivity contribution in [1.29, 1.82) is 0 Å².